The molecule has 0 aliphatic heterocycles. The van der Waals surface area contributed by atoms with Crippen LogP contribution in [0, 0.1) is 12.3 Å². The number of isothiocyanates is 1. The molecule has 0 aromatic rings. The topological polar surface area (TPSA) is 38.7 Å². The van der Waals surface area contributed by atoms with E-state index in [1.54, 1.807) is 11.1 Å². The van der Waals surface area contributed by atoms with Crippen molar-refractivity contribution >= 4 is 23.3 Å². The number of carbonyl (C=O) groups excluding carboxylic acids is 1. The SMILES string of the molecule is C#CC(=O)ON=C=S. The molecule has 0 bridgehead atoms. The Labute approximate surface area is 51.3 Å². The van der Waals surface area contributed by atoms with Crippen LogP contribution in [0.4, 0.5) is 0 Å². The van der Waals surface area contributed by atoms with Crippen molar-refractivity contribution < 1.29 is 9.63 Å². The second kappa shape index (κ2) is 4.00. The minimum Gasteiger partial charge on any atom is -0.295 e. The summed E-state index contributed by atoms with van der Waals surface area (Å²) in [6.07, 6.45) is 4.57. The molecule has 0 amide bonds. The van der Waals surface area contributed by atoms with Gasteiger partial charge < -0.3 is 0 Å². The monoisotopic (exact) mass is 127 g/mol. The van der Waals surface area contributed by atoms with Crippen LogP contribution < -0.4 is 0 Å². The van der Waals surface area contributed by atoms with Crippen molar-refractivity contribution in [2.45, 2.75) is 0 Å². The second-order valence-corrected chi connectivity index (χ2v) is 0.888. The first kappa shape index (κ1) is 6.83. The molecule has 3 nitrogen and oxygen atoms in total. The molecule has 0 atom stereocenters. The van der Waals surface area contributed by atoms with Gasteiger partial charge in [0.15, 0.2) is 0 Å². The number of thiocarbonyl (C=S) groups is 1. The Bertz CT molecular complexity index is 175. The molecule has 0 rings (SSSR count). The highest BCUT2D eigenvalue weighted by Gasteiger charge is 1.89. The molecule has 8 heavy (non-hydrogen) atoms. The van der Waals surface area contributed by atoms with Crippen LogP contribution in [0.1, 0.15) is 0 Å². The predicted molar refractivity (Wildman–Crippen MR) is 30.0 cm³/mol. The van der Waals surface area contributed by atoms with Gasteiger partial charge >= 0.3 is 5.97 Å². The summed E-state index contributed by atoms with van der Waals surface area (Å²) in [4.78, 5) is 13.8. The summed E-state index contributed by atoms with van der Waals surface area (Å²) in [5.74, 6) is 0.786. The molecule has 0 saturated carbocycles. The molecule has 0 aliphatic rings. The molecule has 0 heterocycles. The van der Waals surface area contributed by atoms with Crippen molar-refractivity contribution in [2.24, 2.45) is 5.16 Å². The van der Waals surface area contributed by atoms with Gasteiger partial charge in [-0.05, 0) is 17.4 Å². The van der Waals surface area contributed by atoms with Crippen LogP contribution >= 0.6 is 12.2 Å². The van der Waals surface area contributed by atoms with Crippen molar-refractivity contribution in [3.05, 3.63) is 0 Å². The van der Waals surface area contributed by atoms with Crippen LogP contribution in [0.5, 0.6) is 0 Å². The predicted octanol–water partition coefficient (Wildman–Crippen LogP) is 0.181. The van der Waals surface area contributed by atoms with Crippen LogP contribution in [0.25, 0.3) is 0 Å². The Hall–Kier alpha value is -1.17. The third kappa shape index (κ3) is 3.04. The number of hydrogen-bond donors (Lipinski definition) is 0. The zero-order valence-electron chi connectivity index (χ0n) is 3.75. The Kier molecular flexibility index (Phi) is 3.42. The average molecular weight is 127 g/mol. The van der Waals surface area contributed by atoms with Gasteiger partial charge in [0, 0.05) is 5.92 Å². The van der Waals surface area contributed by atoms with Crippen molar-refractivity contribution in [1.29, 1.82) is 0 Å². The lowest BCUT2D eigenvalue weighted by Gasteiger charge is -1.78. The maximum atomic E-state index is 9.93. The van der Waals surface area contributed by atoms with E-state index in [1.165, 1.54) is 0 Å². The number of terminal acetylenes is 1. The molecule has 40 valence electrons. The largest absolute Gasteiger partial charge is 0.410 e. The third-order valence-electron chi connectivity index (χ3n) is 0.284. The van der Waals surface area contributed by atoms with E-state index < -0.39 is 5.97 Å². The second-order valence-electron chi connectivity index (χ2n) is 0.706. The first-order valence-electron chi connectivity index (χ1n) is 1.56. The highest BCUT2D eigenvalue weighted by molar-refractivity contribution is 7.78. The van der Waals surface area contributed by atoms with Gasteiger partial charge in [0.1, 0.15) is 5.16 Å². The van der Waals surface area contributed by atoms with E-state index in [4.69, 9.17) is 0 Å². The minimum atomic E-state index is -0.873. The number of carbonyl (C=O) groups is 1. The fraction of sp³-hybridized carbons (Fsp3) is 0. The molecular formula is C4HNO2S. The molecular weight excluding hydrogens is 126 g/mol. The molecule has 0 aromatic heterocycles. The van der Waals surface area contributed by atoms with Crippen molar-refractivity contribution in [3.8, 4) is 12.3 Å². The van der Waals surface area contributed by atoms with Crippen molar-refractivity contribution in [3.63, 3.8) is 0 Å². The molecule has 4 heteroatoms. The molecule has 0 radical (unpaired) electrons. The van der Waals surface area contributed by atoms with E-state index in [0.717, 1.165) is 0 Å². The highest BCUT2D eigenvalue weighted by Crippen LogP contribution is 1.71. The normalized spacial score (nSPS) is 5.88. The van der Waals surface area contributed by atoms with Gasteiger partial charge in [0.25, 0.3) is 0 Å². The lowest BCUT2D eigenvalue weighted by molar-refractivity contribution is -0.136. The molecule has 0 fully saturated rings. The zero-order chi connectivity index (χ0) is 6.41. The average Bonchev–Trinajstić information content (AvgIpc) is 1.83. The Morgan fingerprint density at radius 3 is 2.88 bits per heavy atom. The van der Waals surface area contributed by atoms with E-state index in [2.05, 4.69) is 28.6 Å². The summed E-state index contributed by atoms with van der Waals surface area (Å²) in [5, 5.41) is 4.62. The summed E-state index contributed by atoms with van der Waals surface area (Å²) in [6, 6.07) is 0. The maximum absolute atomic E-state index is 9.93. The van der Waals surface area contributed by atoms with E-state index in [0.29, 0.717) is 0 Å². The Balaban J connectivity index is 3.60. The molecule has 0 unspecified atom stereocenters. The first-order chi connectivity index (χ1) is 3.81. The standard InChI is InChI=1S/C4HNO2S/c1-2-4(6)7-5-3-8/h1H. The smallest absolute Gasteiger partial charge is 0.295 e. The lowest BCUT2D eigenvalue weighted by atomic mass is 10.7. The lowest BCUT2D eigenvalue weighted by Crippen LogP contribution is -1.92. The van der Waals surface area contributed by atoms with E-state index in [9.17, 15) is 4.79 Å². The van der Waals surface area contributed by atoms with Crippen molar-refractivity contribution in [2.75, 3.05) is 0 Å². The van der Waals surface area contributed by atoms with Gasteiger partial charge in [-0.1, -0.05) is 0 Å². The summed E-state index contributed by atoms with van der Waals surface area (Å²) in [7, 11) is 0. The number of rotatable bonds is 1. The van der Waals surface area contributed by atoms with Crippen LogP contribution in [0.2, 0.25) is 0 Å². The van der Waals surface area contributed by atoms with Gasteiger partial charge in [-0.25, -0.2) is 4.79 Å². The molecule has 0 N–H and O–H groups in total. The van der Waals surface area contributed by atoms with Gasteiger partial charge in [-0.2, -0.15) is 0 Å². The van der Waals surface area contributed by atoms with Gasteiger partial charge in [-0.3, -0.25) is 4.84 Å². The van der Waals surface area contributed by atoms with E-state index >= 15 is 0 Å². The molecule has 0 aromatic carbocycles. The maximum Gasteiger partial charge on any atom is 0.410 e. The number of nitrogens with zero attached hydrogens (tertiary/aromatic N) is 1. The zero-order valence-corrected chi connectivity index (χ0v) is 4.57. The summed E-state index contributed by atoms with van der Waals surface area (Å²) in [5.41, 5.74) is 0. The quantitative estimate of drug-likeness (QED) is 0.166. The van der Waals surface area contributed by atoms with Crippen LogP contribution in [-0.2, 0) is 9.63 Å². The fourth-order valence-corrected chi connectivity index (χ4v) is 0.124. The summed E-state index contributed by atoms with van der Waals surface area (Å²) < 4.78 is 0. The Morgan fingerprint density at radius 2 is 2.50 bits per heavy atom. The number of hydrogen-bond acceptors (Lipinski definition) is 4. The highest BCUT2D eigenvalue weighted by atomic mass is 32.1. The summed E-state index contributed by atoms with van der Waals surface area (Å²) in [6.45, 7) is 0. The molecule has 0 spiro atoms. The van der Waals surface area contributed by atoms with Gasteiger partial charge in [0.2, 0.25) is 0 Å². The minimum absolute atomic E-state index is 0.873. The van der Waals surface area contributed by atoms with Crippen LogP contribution in [-0.4, -0.2) is 11.1 Å². The van der Waals surface area contributed by atoms with E-state index in [-0.39, 0.29) is 0 Å². The van der Waals surface area contributed by atoms with Crippen LogP contribution in [0.15, 0.2) is 5.16 Å². The van der Waals surface area contributed by atoms with Crippen molar-refractivity contribution in [1.82, 2.24) is 0 Å². The fourth-order valence-electron chi connectivity index (χ4n) is 0.0864. The third-order valence-corrected chi connectivity index (χ3v) is 0.358. The molecule has 0 aliphatic carbocycles. The Morgan fingerprint density at radius 1 is 1.88 bits per heavy atom. The molecule has 0 saturated heterocycles. The van der Waals surface area contributed by atoms with Gasteiger partial charge in [-0.15, -0.1) is 6.42 Å². The first-order valence-corrected chi connectivity index (χ1v) is 1.97. The van der Waals surface area contributed by atoms with Crippen LogP contribution in [0.3, 0.4) is 0 Å². The van der Waals surface area contributed by atoms with E-state index in [1.807, 2.05) is 0 Å². The van der Waals surface area contributed by atoms with Gasteiger partial charge in [0.05, 0.1) is 0 Å². The summed E-state index contributed by atoms with van der Waals surface area (Å²) >= 11 is 4.06.